The van der Waals surface area contributed by atoms with Crippen LogP contribution in [0.5, 0.6) is 0 Å². The molecular weight excluding hydrogens is 475 g/mol. The number of benzene rings is 2. The van der Waals surface area contributed by atoms with Crippen LogP contribution in [0.2, 0.25) is 5.02 Å². The molecule has 0 saturated heterocycles. The van der Waals surface area contributed by atoms with Crippen molar-refractivity contribution >= 4 is 47.4 Å². The molecule has 2 aromatic carbocycles. The second-order valence-electron chi connectivity index (χ2n) is 5.95. The SMILES string of the molecule is CN=C(NCCc1cccc(C(=O)NC)c1)NC(C)c1cccc(Cl)c1.I. The van der Waals surface area contributed by atoms with Gasteiger partial charge in [0.1, 0.15) is 0 Å². The fourth-order valence-electron chi connectivity index (χ4n) is 2.60. The third kappa shape index (κ3) is 7.38. The van der Waals surface area contributed by atoms with Gasteiger partial charge in [-0.05, 0) is 48.7 Å². The third-order valence-electron chi connectivity index (χ3n) is 4.05. The molecule has 0 bridgehead atoms. The lowest BCUT2D eigenvalue weighted by atomic mass is 10.1. The van der Waals surface area contributed by atoms with E-state index in [1.807, 2.05) is 48.5 Å². The number of rotatable bonds is 6. The largest absolute Gasteiger partial charge is 0.356 e. The monoisotopic (exact) mass is 500 g/mol. The maximum absolute atomic E-state index is 11.7. The Balaban J connectivity index is 0.00000364. The summed E-state index contributed by atoms with van der Waals surface area (Å²) in [5, 5.41) is 10.0. The highest BCUT2D eigenvalue weighted by molar-refractivity contribution is 14.0. The Morgan fingerprint density at radius 2 is 1.93 bits per heavy atom. The first-order valence-electron chi connectivity index (χ1n) is 8.57. The van der Waals surface area contributed by atoms with Gasteiger partial charge in [-0.3, -0.25) is 9.79 Å². The fraction of sp³-hybridized carbons (Fsp3) is 0.300. The van der Waals surface area contributed by atoms with Crippen molar-refractivity contribution in [3.8, 4) is 0 Å². The van der Waals surface area contributed by atoms with Crippen molar-refractivity contribution in [3.05, 3.63) is 70.2 Å². The molecule has 0 saturated carbocycles. The van der Waals surface area contributed by atoms with Crippen LogP contribution in [0.15, 0.2) is 53.5 Å². The summed E-state index contributed by atoms with van der Waals surface area (Å²) in [5.74, 6) is 0.646. The van der Waals surface area contributed by atoms with Crippen LogP contribution < -0.4 is 16.0 Å². The molecule has 7 heteroatoms. The Labute approximate surface area is 183 Å². The van der Waals surface area contributed by atoms with E-state index in [-0.39, 0.29) is 35.9 Å². The lowest BCUT2D eigenvalue weighted by molar-refractivity contribution is 0.0963. The van der Waals surface area contributed by atoms with Gasteiger partial charge < -0.3 is 16.0 Å². The topological polar surface area (TPSA) is 65.5 Å². The number of halogens is 2. The van der Waals surface area contributed by atoms with Crippen LogP contribution in [0.1, 0.15) is 34.5 Å². The minimum absolute atomic E-state index is 0. The second-order valence-corrected chi connectivity index (χ2v) is 6.39. The summed E-state index contributed by atoms with van der Waals surface area (Å²) in [6.45, 7) is 2.77. The molecule has 27 heavy (non-hydrogen) atoms. The summed E-state index contributed by atoms with van der Waals surface area (Å²) in [5.41, 5.74) is 2.86. The van der Waals surface area contributed by atoms with Gasteiger partial charge in [0.15, 0.2) is 5.96 Å². The minimum Gasteiger partial charge on any atom is -0.356 e. The first-order valence-corrected chi connectivity index (χ1v) is 8.95. The zero-order valence-corrected chi connectivity index (χ0v) is 18.8. The van der Waals surface area contributed by atoms with E-state index < -0.39 is 0 Å². The number of guanidine groups is 1. The smallest absolute Gasteiger partial charge is 0.251 e. The Hall–Kier alpha value is -1.80. The lowest BCUT2D eigenvalue weighted by Gasteiger charge is -2.18. The molecule has 1 unspecified atom stereocenters. The third-order valence-corrected chi connectivity index (χ3v) is 4.28. The first kappa shape index (κ1) is 23.2. The van der Waals surface area contributed by atoms with Crippen molar-refractivity contribution in [2.24, 2.45) is 4.99 Å². The summed E-state index contributed by atoms with van der Waals surface area (Å²) in [6, 6.07) is 15.5. The van der Waals surface area contributed by atoms with Gasteiger partial charge in [-0.25, -0.2) is 0 Å². The van der Waals surface area contributed by atoms with Crippen molar-refractivity contribution in [1.82, 2.24) is 16.0 Å². The van der Waals surface area contributed by atoms with E-state index in [1.54, 1.807) is 14.1 Å². The summed E-state index contributed by atoms with van der Waals surface area (Å²) < 4.78 is 0. The van der Waals surface area contributed by atoms with E-state index >= 15 is 0 Å². The number of nitrogens with one attached hydrogen (secondary N) is 3. The van der Waals surface area contributed by atoms with Gasteiger partial charge in [0, 0.05) is 31.2 Å². The van der Waals surface area contributed by atoms with Crippen LogP contribution in [-0.4, -0.2) is 32.5 Å². The van der Waals surface area contributed by atoms with Crippen molar-refractivity contribution in [2.45, 2.75) is 19.4 Å². The van der Waals surface area contributed by atoms with Crippen LogP contribution in [0.4, 0.5) is 0 Å². The van der Waals surface area contributed by atoms with E-state index in [9.17, 15) is 4.79 Å². The molecule has 3 N–H and O–H groups in total. The number of aliphatic imine (C=N–C) groups is 1. The van der Waals surface area contributed by atoms with Gasteiger partial charge in [-0.1, -0.05) is 35.9 Å². The maximum Gasteiger partial charge on any atom is 0.251 e. The van der Waals surface area contributed by atoms with Crippen LogP contribution in [0, 0.1) is 0 Å². The Morgan fingerprint density at radius 3 is 2.59 bits per heavy atom. The average Bonchev–Trinajstić information content (AvgIpc) is 2.66. The van der Waals surface area contributed by atoms with Gasteiger partial charge in [-0.2, -0.15) is 0 Å². The van der Waals surface area contributed by atoms with E-state index in [0.29, 0.717) is 12.1 Å². The number of carbonyl (C=O) groups is 1. The van der Waals surface area contributed by atoms with Gasteiger partial charge in [0.25, 0.3) is 5.91 Å². The Kier molecular flexibility index (Phi) is 10.2. The molecule has 0 spiro atoms. The number of amides is 1. The van der Waals surface area contributed by atoms with E-state index in [2.05, 4.69) is 27.9 Å². The molecule has 2 rings (SSSR count). The van der Waals surface area contributed by atoms with E-state index in [4.69, 9.17) is 11.6 Å². The van der Waals surface area contributed by atoms with E-state index in [1.165, 1.54) is 0 Å². The molecular formula is C20H26ClIN4O. The molecule has 5 nitrogen and oxygen atoms in total. The Morgan fingerprint density at radius 1 is 1.19 bits per heavy atom. The zero-order valence-electron chi connectivity index (χ0n) is 15.8. The highest BCUT2D eigenvalue weighted by atomic mass is 127. The van der Waals surface area contributed by atoms with Gasteiger partial charge in [0.2, 0.25) is 0 Å². The van der Waals surface area contributed by atoms with Crippen molar-refractivity contribution < 1.29 is 4.79 Å². The second kappa shape index (κ2) is 11.8. The van der Waals surface area contributed by atoms with E-state index in [0.717, 1.165) is 28.5 Å². The highest BCUT2D eigenvalue weighted by Crippen LogP contribution is 2.17. The summed E-state index contributed by atoms with van der Waals surface area (Å²) in [4.78, 5) is 16.0. The summed E-state index contributed by atoms with van der Waals surface area (Å²) in [6.07, 6.45) is 0.789. The van der Waals surface area contributed by atoms with Crippen LogP contribution in [-0.2, 0) is 6.42 Å². The van der Waals surface area contributed by atoms with Crippen LogP contribution in [0.3, 0.4) is 0 Å². The standard InChI is InChI=1S/C20H25ClN4O.HI/c1-14(16-7-5-9-18(21)13-16)25-20(23-3)24-11-10-15-6-4-8-17(12-15)19(26)22-2;/h4-9,12-14H,10-11H2,1-3H3,(H,22,26)(H2,23,24,25);1H. The molecule has 1 amide bonds. The number of hydrogen-bond acceptors (Lipinski definition) is 2. The number of carbonyl (C=O) groups excluding carboxylic acids is 1. The predicted molar refractivity (Wildman–Crippen MR) is 123 cm³/mol. The predicted octanol–water partition coefficient (Wildman–Crippen LogP) is 3.79. The van der Waals surface area contributed by atoms with Crippen molar-refractivity contribution in [3.63, 3.8) is 0 Å². The normalized spacial score (nSPS) is 11.9. The molecule has 146 valence electrons. The molecule has 2 aromatic rings. The molecule has 0 heterocycles. The molecule has 0 aromatic heterocycles. The van der Waals surface area contributed by atoms with Gasteiger partial charge in [-0.15, -0.1) is 24.0 Å². The molecule has 0 aliphatic rings. The van der Waals surface area contributed by atoms with Crippen LogP contribution >= 0.6 is 35.6 Å². The zero-order chi connectivity index (χ0) is 18.9. The number of nitrogens with zero attached hydrogens (tertiary/aromatic N) is 1. The van der Waals surface area contributed by atoms with Gasteiger partial charge in [0.05, 0.1) is 6.04 Å². The molecule has 0 fully saturated rings. The van der Waals surface area contributed by atoms with Crippen LogP contribution in [0.25, 0.3) is 0 Å². The molecule has 1 atom stereocenters. The minimum atomic E-state index is -0.0763. The number of hydrogen-bond donors (Lipinski definition) is 3. The molecule has 0 radical (unpaired) electrons. The van der Waals surface area contributed by atoms with Gasteiger partial charge >= 0.3 is 0 Å². The average molecular weight is 501 g/mol. The first-order chi connectivity index (χ1) is 12.5. The highest BCUT2D eigenvalue weighted by Gasteiger charge is 2.08. The van der Waals surface area contributed by atoms with Crippen molar-refractivity contribution in [1.29, 1.82) is 0 Å². The Bertz CT molecular complexity index is 782. The van der Waals surface area contributed by atoms with Crippen molar-refractivity contribution in [2.75, 3.05) is 20.6 Å². The summed E-state index contributed by atoms with van der Waals surface area (Å²) in [7, 11) is 3.37. The maximum atomic E-state index is 11.7. The molecule has 0 aliphatic heterocycles. The fourth-order valence-corrected chi connectivity index (χ4v) is 2.80. The molecule has 0 aliphatic carbocycles. The lowest BCUT2D eigenvalue weighted by Crippen LogP contribution is -2.39. The summed E-state index contributed by atoms with van der Waals surface area (Å²) >= 11 is 6.05. The quantitative estimate of drug-likeness (QED) is 0.321.